The van der Waals surface area contributed by atoms with Crippen LogP contribution in [0.3, 0.4) is 0 Å². The maximum absolute atomic E-state index is 12.9. The zero-order chi connectivity index (χ0) is 57.6. The lowest BCUT2D eigenvalue weighted by atomic mass is 10.0. The summed E-state index contributed by atoms with van der Waals surface area (Å²) in [4.78, 5) is 37.6. The Morgan fingerprint density at radius 3 is 1.03 bits per heavy atom. The van der Waals surface area contributed by atoms with Crippen LogP contribution in [0.5, 0.6) is 0 Å². The van der Waals surface area contributed by atoms with Gasteiger partial charge in [-0.25, -0.2) is 4.79 Å². The first-order chi connectivity index (χ1) is 38.6. The molecule has 0 rings (SSSR count). The van der Waals surface area contributed by atoms with Crippen molar-refractivity contribution in [2.45, 2.75) is 334 Å². The second-order valence-corrected chi connectivity index (χ2v) is 24.1. The average Bonchev–Trinajstić information content (AvgIpc) is 3.42. The van der Waals surface area contributed by atoms with Crippen molar-refractivity contribution in [2.24, 2.45) is 0 Å². The number of hydrogen-bond donors (Lipinski definition) is 1. The molecule has 0 aliphatic carbocycles. The summed E-state index contributed by atoms with van der Waals surface area (Å²) in [5.41, 5.74) is 0. The van der Waals surface area contributed by atoms with E-state index in [0.29, 0.717) is 17.4 Å². The number of aliphatic carboxylic acids is 1. The summed E-state index contributed by atoms with van der Waals surface area (Å²) < 4.78 is 23.0. The smallest absolute Gasteiger partial charge is 0.361 e. The van der Waals surface area contributed by atoms with Crippen molar-refractivity contribution >= 4 is 17.9 Å². The molecule has 79 heavy (non-hydrogen) atoms. The van der Waals surface area contributed by atoms with Gasteiger partial charge in [-0.3, -0.25) is 9.59 Å². The van der Waals surface area contributed by atoms with Gasteiger partial charge >= 0.3 is 17.9 Å². The number of nitrogens with zero attached hydrogens (tertiary/aromatic N) is 1. The number of carbonyl (C=O) groups is 3. The Labute approximate surface area is 489 Å². The highest BCUT2D eigenvalue weighted by atomic mass is 16.7. The van der Waals surface area contributed by atoms with E-state index in [1.54, 1.807) is 0 Å². The zero-order valence-electron chi connectivity index (χ0n) is 52.8. The van der Waals surface area contributed by atoms with Gasteiger partial charge in [0.15, 0.2) is 6.10 Å². The molecule has 0 saturated carbocycles. The van der Waals surface area contributed by atoms with E-state index in [1.165, 1.54) is 244 Å². The van der Waals surface area contributed by atoms with E-state index < -0.39 is 24.3 Å². The minimum absolute atomic E-state index is 0.180. The number of esters is 2. The molecule has 0 fully saturated rings. The van der Waals surface area contributed by atoms with Crippen molar-refractivity contribution in [3.8, 4) is 0 Å². The fourth-order valence-electron chi connectivity index (χ4n) is 9.84. The first kappa shape index (κ1) is 76.2. The van der Waals surface area contributed by atoms with Crippen LogP contribution in [0.2, 0.25) is 0 Å². The number of quaternary nitrogens is 1. The number of ether oxygens (including phenoxy) is 4. The summed E-state index contributed by atoms with van der Waals surface area (Å²) in [6.45, 7) is 4.91. The summed E-state index contributed by atoms with van der Waals surface area (Å²) in [6, 6.07) is 0. The number of allylic oxidation sites excluding steroid dienone is 8. The summed E-state index contributed by atoms with van der Waals surface area (Å²) >= 11 is 0. The first-order valence-electron chi connectivity index (χ1n) is 33.8. The van der Waals surface area contributed by atoms with Gasteiger partial charge in [-0.05, 0) is 77.0 Å². The van der Waals surface area contributed by atoms with Crippen LogP contribution in [0.15, 0.2) is 48.6 Å². The van der Waals surface area contributed by atoms with Crippen LogP contribution in [0.1, 0.15) is 322 Å². The maximum atomic E-state index is 12.9. The molecular formula is C70H130NO8+. The van der Waals surface area contributed by atoms with E-state index in [1.807, 2.05) is 21.1 Å². The maximum Gasteiger partial charge on any atom is 0.361 e. The molecule has 1 N–H and O–H groups in total. The topological polar surface area (TPSA) is 108 Å². The normalized spacial score (nSPS) is 13.0. The lowest BCUT2D eigenvalue weighted by Crippen LogP contribution is -2.40. The van der Waals surface area contributed by atoms with E-state index in [4.69, 9.17) is 18.9 Å². The molecule has 9 heteroatoms. The van der Waals surface area contributed by atoms with Crippen molar-refractivity contribution in [3.05, 3.63) is 48.6 Å². The highest BCUT2D eigenvalue weighted by Gasteiger charge is 2.25. The molecule has 0 aromatic carbocycles. The van der Waals surface area contributed by atoms with Crippen molar-refractivity contribution in [1.29, 1.82) is 0 Å². The third-order valence-electron chi connectivity index (χ3n) is 15.1. The molecule has 0 spiro atoms. The van der Waals surface area contributed by atoms with Crippen LogP contribution in [-0.4, -0.2) is 87.4 Å². The third-order valence-corrected chi connectivity index (χ3v) is 15.1. The third kappa shape index (κ3) is 62.7. The van der Waals surface area contributed by atoms with Crippen molar-refractivity contribution in [3.63, 3.8) is 0 Å². The highest BCUT2D eigenvalue weighted by Crippen LogP contribution is 2.18. The number of unbranched alkanes of at least 4 members (excludes halogenated alkanes) is 40. The molecule has 0 bridgehead atoms. The minimum Gasteiger partial charge on any atom is -0.477 e. The largest absolute Gasteiger partial charge is 0.477 e. The molecule has 9 nitrogen and oxygen atoms in total. The van der Waals surface area contributed by atoms with E-state index in [0.717, 1.165) is 51.4 Å². The molecule has 2 atom stereocenters. The second kappa shape index (κ2) is 61.3. The van der Waals surface area contributed by atoms with Gasteiger partial charge in [0.25, 0.3) is 6.29 Å². The fourth-order valence-corrected chi connectivity index (χ4v) is 9.84. The Hall–Kier alpha value is -2.75. The monoisotopic (exact) mass is 1110 g/mol. The number of carboxylic acids is 1. The van der Waals surface area contributed by atoms with Gasteiger partial charge in [0.05, 0.1) is 34.4 Å². The molecule has 0 radical (unpaired) electrons. The molecule has 0 aromatic heterocycles. The molecule has 0 saturated heterocycles. The highest BCUT2D eigenvalue weighted by molar-refractivity contribution is 5.71. The Morgan fingerprint density at radius 2 is 0.684 bits per heavy atom. The van der Waals surface area contributed by atoms with E-state index in [2.05, 4.69) is 62.5 Å². The van der Waals surface area contributed by atoms with E-state index >= 15 is 0 Å². The van der Waals surface area contributed by atoms with Gasteiger partial charge in [0.1, 0.15) is 13.2 Å². The van der Waals surface area contributed by atoms with Crippen LogP contribution in [0.25, 0.3) is 0 Å². The predicted molar refractivity (Wildman–Crippen MR) is 337 cm³/mol. The van der Waals surface area contributed by atoms with Crippen LogP contribution in [-0.2, 0) is 33.3 Å². The average molecular weight is 1110 g/mol. The van der Waals surface area contributed by atoms with Crippen LogP contribution >= 0.6 is 0 Å². The summed E-state index contributed by atoms with van der Waals surface area (Å²) in [6.07, 6.45) is 75.0. The zero-order valence-corrected chi connectivity index (χ0v) is 52.8. The molecule has 0 aliphatic rings. The lowest BCUT2D eigenvalue weighted by Gasteiger charge is -2.25. The van der Waals surface area contributed by atoms with Gasteiger partial charge in [0.2, 0.25) is 0 Å². The van der Waals surface area contributed by atoms with Gasteiger partial charge in [-0.15, -0.1) is 0 Å². The summed E-state index contributed by atoms with van der Waals surface area (Å²) in [5.74, 6) is -1.99. The Bertz CT molecular complexity index is 1430. The van der Waals surface area contributed by atoms with Gasteiger partial charge in [-0.2, -0.15) is 0 Å². The summed E-state index contributed by atoms with van der Waals surface area (Å²) in [7, 11) is 5.98. The Morgan fingerprint density at radius 1 is 0.380 bits per heavy atom. The summed E-state index contributed by atoms with van der Waals surface area (Å²) in [5, 5.41) is 9.74. The molecule has 0 aromatic rings. The van der Waals surface area contributed by atoms with Crippen LogP contribution in [0, 0.1) is 0 Å². The van der Waals surface area contributed by atoms with Crippen molar-refractivity contribution in [1.82, 2.24) is 0 Å². The van der Waals surface area contributed by atoms with Crippen molar-refractivity contribution < 1.29 is 42.9 Å². The predicted octanol–water partition coefficient (Wildman–Crippen LogP) is 20.6. The minimum atomic E-state index is -1.51. The quantitative estimate of drug-likeness (QED) is 0.0211. The van der Waals surface area contributed by atoms with Crippen molar-refractivity contribution in [2.75, 3.05) is 47.5 Å². The van der Waals surface area contributed by atoms with E-state index in [-0.39, 0.29) is 32.2 Å². The number of carboxylic acid groups (broad SMARTS) is 1. The molecule has 462 valence electrons. The molecular weight excluding hydrogens is 983 g/mol. The molecule has 0 amide bonds. The lowest BCUT2D eigenvalue weighted by molar-refractivity contribution is -0.870. The molecule has 0 heterocycles. The van der Waals surface area contributed by atoms with Gasteiger partial charge < -0.3 is 28.5 Å². The number of carbonyl (C=O) groups excluding carboxylic acids is 2. The molecule has 2 unspecified atom stereocenters. The number of likely N-dealkylation sites (N-methyl/N-ethyl adjacent to an activating group) is 1. The number of rotatable bonds is 63. The Balaban J connectivity index is 4.13. The number of hydrogen-bond acceptors (Lipinski definition) is 7. The Kier molecular flexibility index (Phi) is 59.2. The molecule has 0 aliphatic heterocycles. The van der Waals surface area contributed by atoms with Gasteiger partial charge in [-0.1, -0.05) is 281 Å². The van der Waals surface area contributed by atoms with Crippen LogP contribution in [0.4, 0.5) is 0 Å². The standard InChI is InChI=1S/C70H129NO8/c1-6-8-10-12-14-16-18-20-22-24-26-28-30-32-34-36-38-40-42-44-46-48-50-52-54-56-58-60-67(72)77-64-66(65-78-70(69(74)75)76-63-62-71(3,4)5)79-68(73)61-59-57-55-53-51-49-47-45-43-41-39-37-35-33-31-29-27-25-23-21-19-17-15-13-11-9-7-2/h19,21,24-27,31,33,66,70H,6-18,20,22-23,28-30,32,34-65H2,1-5H3/p+1/b21-19-,26-24-,27-25-,33-31-. The fraction of sp³-hybridized carbons (Fsp3) is 0.843. The first-order valence-corrected chi connectivity index (χ1v) is 33.8. The van der Waals surface area contributed by atoms with Gasteiger partial charge in [0, 0.05) is 12.8 Å². The second-order valence-electron chi connectivity index (χ2n) is 24.1. The van der Waals surface area contributed by atoms with Crippen LogP contribution < -0.4 is 0 Å². The van der Waals surface area contributed by atoms with E-state index in [9.17, 15) is 19.5 Å². The SMILES string of the molecule is CCCCCCC/C=C\C/C=C\C/C=C\CCCCCCCCCCCCCCC(=O)OC(COC(=O)CCCCCCCCCCCCCCCCC/C=C\CCCCCCCCCC)COC(OCC[N+](C)(C)C)C(=O)O.